The van der Waals surface area contributed by atoms with Gasteiger partial charge in [-0.15, -0.1) is 0 Å². The van der Waals surface area contributed by atoms with Crippen LogP contribution in [0.2, 0.25) is 0 Å². The van der Waals surface area contributed by atoms with Crippen LogP contribution in [0, 0.1) is 11.6 Å². The van der Waals surface area contributed by atoms with Crippen molar-refractivity contribution in [3.05, 3.63) is 59.7 Å². The molecule has 0 unspecified atom stereocenters. The molecule has 9 nitrogen and oxygen atoms in total. The molecule has 0 atom stereocenters. The summed E-state index contributed by atoms with van der Waals surface area (Å²) in [6, 6.07) is 4.27. The van der Waals surface area contributed by atoms with E-state index in [1.807, 2.05) is 22.9 Å². The number of hydrogen-bond acceptors (Lipinski definition) is 8. The van der Waals surface area contributed by atoms with Gasteiger partial charge in [0.1, 0.15) is 11.6 Å². The topological polar surface area (TPSA) is 118 Å². The Morgan fingerprint density at radius 3 is 2.65 bits per heavy atom. The Morgan fingerprint density at radius 1 is 1.21 bits per heavy atom. The number of aromatic nitrogens is 3. The Balaban J connectivity index is 1.62. The number of carbonyl (C=O) groups is 1. The van der Waals surface area contributed by atoms with E-state index in [2.05, 4.69) is 28.7 Å². The molecule has 1 aliphatic rings. The van der Waals surface area contributed by atoms with Gasteiger partial charge in [-0.05, 0) is 30.2 Å². The van der Waals surface area contributed by atoms with Gasteiger partial charge >= 0.3 is 0 Å². The highest BCUT2D eigenvalue weighted by Crippen LogP contribution is 2.28. The first-order chi connectivity index (χ1) is 16.5. The minimum Gasteiger partial charge on any atom is -0.382 e. The van der Waals surface area contributed by atoms with Crippen molar-refractivity contribution in [2.24, 2.45) is 0 Å². The number of benzene rings is 1. The van der Waals surface area contributed by atoms with E-state index < -0.39 is 17.5 Å². The summed E-state index contributed by atoms with van der Waals surface area (Å²) in [5.74, 6) is -2.42. The highest BCUT2D eigenvalue weighted by atomic mass is 127. The minimum atomic E-state index is -0.796. The van der Waals surface area contributed by atoms with Crippen LogP contribution in [0.4, 0.5) is 26.0 Å². The number of morpholine rings is 1. The largest absolute Gasteiger partial charge is 0.382 e. The summed E-state index contributed by atoms with van der Waals surface area (Å²) in [5, 5.41) is 2.74. The van der Waals surface area contributed by atoms with E-state index in [0.717, 1.165) is 11.9 Å². The molecule has 1 amide bonds. The van der Waals surface area contributed by atoms with Gasteiger partial charge in [-0.25, -0.2) is 18.7 Å². The zero-order valence-electron chi connectivity index (χ0n) is 18.0. The van der Waals surface area contributed by atoms with E-state index >= 15 is 0 Å². The molecule has 0 saturated carbocycles. The summed E-state index contributed by atoms with van der Waals surface area (Å²) >= 11 is 1.96. The summed E-state index contributed by atoms with van der Waals surface area (Å²) in [6.45, 7) is 3.02. The van der Waals surface area contributed by atoms with Crippen LogP contribution >= 0.6 is 22.9 Å². The zero-order valence-corrected chi connectivity index (χ0v) is 20.2. The maximum absolute atomic E-state index is 14.8. The van der Waals surface area contributed by atoms with Crippen molar-refractivity contribution in [3.8, 4) is 11.3 Å². The first kappa shape index (κ1) is 24.2. The summed E-state index contributed by atoms with van der Waals surface area (Å²) in [7, 11) is 0. The zero-order chi connectivity index (χ0) is 24.1. The van der Waals surface area contributed by atoms with Gasteiger partial charge in [0.15, 0.2) is 11.5 Å². The third-order valence-corrected chi connectivity index (χ3v) is 5.82. The van der Waals surface area contributed by atoms with Crippen molar-refractivity contribution in [2.45, 2.75) is 6.42 Å². The van der Waals surface area contributed by atoms with Crippen LogP contribution in [0.25, 0.3) is 11.3 Å². The van der Waals surface area contributed by atoms with Crippen molar-refractivity contribution in [1.82, 2.24) is 18.5 Å². The SMILES string of the molecule is Nc1ncc(-c2c(F)cc(CCNI)cc2F)nc1C(=O)Nc1cnccc1N1CCOCC1. The molecule has 1 fully saturated rings. The fourth-order valence-electron chi connectivity index (χ4n) is 3.64. The normalized spacial score (nSPS) is 13.7. The number of hydrogen-bond donors (Lipinski definition) is 3. The summed E-state index contributed by atoms with van der Waals surface area (Å²) in [4.78, 5) is 27.3. The lowest BCUT2D eigenvalue weighted by Gasteiger charge is -2.30. The predicted molar refractivity (Wildman–Crippen MR) is 133 cm³/mol. The highest BCUT2D eigenvalue weighted by molar-refractivity contribution is 14.1. The molecule has 178 valence electrons. The van der Waals surface area contributed by atoms with Gasteiger partial charge < -0.3 is 20.7 Å². The molecule has 0 bridgehead atoms. The van der Waals surface area contributed by atoms with Crippen molar-refractivity contribution < 1.29 is 18.3 Å². The van der Waals surface area contributed by atoms with Crippen molar-refractivity contribution >= 4 is 46.0 Å². The number of anilines is 3. The van der Waals surface area contributed by atoms with Crippen LogP contribution in [-0.4, -0.2) is 53.7 Å². The van der Waals surface area contributed by atoms with Crippen LogP contribution in [0.5, 0.6) is 0 Å². The van der Waals surface area contributed by atoms with Gasteiger partial charge in [0.05, 0.1) is 48.2 Å². The monoisotopic (exact) mass is 581 g/mol. The number of nitrogens with zero attached hydrogens (tertiary/aromatic N) is 4. The van der Waals surface area contributed by atoms with Gasteiger partial charge in [-0.1, -0.05) is 0 Å². The van der Waals surface area contributed by atoms with Gasteiger partial charge in [0, 0.05) is 48.7 Å². The van der Waals surface area contributed by atoms with E-state index in [1.165, 1.54) is 18.3 Å². The second kappa shape index (κ2) is 11.0. The van der Waals surface area contributed by atoms with E-state index in [9.17, 15) is 13.6 Å². The third kappa shape index (κ3) is 5.39. The Hall–Kier alpha value is -2.97. The number of amides is 1. The van der Waals surface area contributed by atoms with E-state index in [0.29, 0.717) is 50.5 Å². The highest BCUT2D eigenvalue weighted by Gasteiger charge is 2.22. The molecule has 4 N–H and O–H groups in total. The lowest BCUT2D eigenvalue weighted by Crippen LogP contribution is -2.36. The number of nitrogens with two attached hydrogens (primary N) is 1. The molecule has 1 aliphatic heterocycles. The molecule has 3 aromatic rings. The van der Waals surface area contributed by atoms with Crippen molar-refractivity contribution in [3.63, 3.8) is 0 Å². The fraction of sp³-hybridized carbons (Fsp3) is 0.273. The molecule has 1 aromatic carbocycles. The molecular formula is C22H22F2IN7O2. The molecule has 4 rings (SSSR count). The number of carbonyl (C=O) groups excluding carboxylic acids is 1. The maximum atomic E-state index is 14.8. The number of nitrogen functional groups attached to an aromatic ring is 1. The van der Waals surface area contributed by atoms with Crippen LogP contribution < -0.4 is 19.5 Å². The van der Waals surface area contributed by atoms with Gasteiger partial charge in [-0.3, -0.25) is 13.3 Å². The first-order valence-electron chi connectivity index (χ1n) is 10.5. The van der Waals surface area contributed by atoms with Crippen LogP contribution in [0.1, 0.15) is 16.1 Å². The van der Waals surface area contributed by atoms with E-state index in [1.54, 1.807) is 12.3 Å². The molecule has 1 saturated heterocycles. The van der Waals surface area contributed by atoms with Crippen molar-refractivity contribution in [2.75, 3.05) is 48.8 Å². The molecule has 0 aliphatic carbocycles. The smallest absolute Gasteiger partial charge is 0.278 e. The lowest BCUT2D eigenvalue weighted by atomic mass is 10.1. The third-order valence-electron chi connectivity index (χ3n) is 5.28. The minimum absolute atomic E-state index is 0.132. The Kier molecular flexibility index (Phi) is 7.80. The number of ether oxygens (including phenoxy) is 1. The number of rotatable bonds is 7. The van der Waals surface area contributed by atoms with Gasteiger partial charge in [0.25, 0.3) is 5.91 Å². The summed E-state index contributed by atoms with van der Waals surface area (Å²) < 4.78 is 37.8. The number of pyridine rings is 1. The standard InChI is InChI=1S/C22H22F2IN7O2/c23-14-9-13(1-4-29-25)10-15(24)19(14)17-12-28-21(26)20(30-17)22(33)31-16-11-27-3-2-18(16)32-5-7-34-8-6-32/h2-3,9-12,29H,1,4-8H2,(H2,26,28)(H,31,33). The molecule has 2 aromatic heterocycles. The lowest BCUT2D eigenvalue weighted by molar-refractivity contribution is 0.102. The second-order valence-corrected chi connectivity index (χ2v) is 8.27. The number of halogens is 3. The first-order valence-corrected chi connectivity index (χ1v) is 11.6. The van der Waals surface area contributed by atoms with Crippen LogP contribution in [-0.2, 0) is 11.2 Å². The van der Waals surface area contributed by atoms with Crippen LogP contribution in [0.3, 0.4) is 0 Å². The second-order valence-electron chi connectivity index (χ2n) is 7.50. The Labute approximate surface area is 208 Å². The van der Waals surface area contributed by atoms with E-state index in [-0.39, 0.29) is 22.8 Å². The van der Waals surface area contributed by atoms with E-state index in [4.69, 9.17) is 10.5 Å². The van der Waals surface area contributed by atoms with Gasteiger partial charge in [0.2, 0.25) is 0 Å². The Bertz CT molecular complexity index is 1170. The molecule has 3 heterocycles. The fourth-order valence-corrected chi connectivity index (χ4v) is 3.91. The van der Waals surface area contributed by atoms with Gasteiger partial charge in [-0.2, -0.15) is 0 Å². The summed E-state index contributed by atoms with van der Waals surface area (Å²) in [6.07, 6.45) is 4.73. The molecule has 0 spiro atoms. The average molecular weight is 581 g/mol. The quantitative estimate of drug-likeness (QED) is 0.288. The number of nitrogens with one attached hydrogen (secondary N) is 2. The molecule has 34 heavy (non-hydrogen) atoms. The molecule has 12 heteroatoms. The Morgan fingerprint density at radius 2 is 1.94 bits per heavy atom. The average Bonchev–Trinajstić information content (AvgIpc) is 2.84. The van der Waals surface area contributed by atoms with Crippen molar-refractivity contribution in [1.29, 1.82) is 0 Å². The van der Waals surface area contributed by atoms with Crippen LogP contribution in [0.15, 0.2) is 36.8 Å². The predicted octanol–water partition coefficient (Wildman–Crippen LogP) is 2.97. The molecular weight excluding hydrogens is 559 g/mol. The maximum Gasteiger partial charge on any atom is 0.278 e. The molecule has 0 radical (unpaired) electrons. The summed E-state index contributed by atoms with van der Waals surface area (Å²) in [5.41, 5.74) is 6.85.